The number of aryl methyl sites for hydroxylation is 2. The van der Waals surface area contributed by atoms with Crippen molar-refractivity contribution in [1.29, 1.82) is 0 Å². The molecule has 130 valence electrons. The summed E-state index contributed by atoms with van der Waals surface area (Å²) in [6, 6.07) is 12.6. The summed E-state index contributed by atoms with van der Waals surface area (Å²) in [4.78, 5) is 0.181. The Labute approximate surface area is 148 Å². The Morgan fingerprint density at radius 2 is 1.21 bits per heavy atom. The van der Waals surface area contributed by atoms with Crippen molar-refractivity contribution in [3.63, 3.8) is 0 Å². The van der Waals surface area contributed by atoms with Gasteiger partial charge in [0.25, 0.3) is 0 Å². The molecule has 0 aliphatic heterocycles. The molecule has 0 radical (unpaired) electrons. The van der Waals surface area contributed by atoms with Crippen LogP contribution in [-0.2, 0) is 19.7 Å². The van der Waals surface area contributed by atoms with E-state index < -0.39 is 30.7 Å². The summed E-state index contributed by atoms with van der Waals surface area (Å²) in [5.41, 5.74) is 1.85. The molecular weight excluding hydrogens is 368 g/mol. The molecule has 0 aliphatic rings. The van der Waals surface area contributed by atoms with Crippen LogP contribution in [0.3, 0.4) is 0 Å². The first-order chi connectivity index (χ1) is 11.2. The van der Waals surface area contributed by atoms with Gasteiger partial charge >= 0.3 is 0 Å². The first kappa shape index (κ1) is 19.0. The average molecular weight is 387 g/mol. The Morgan fingerprint density at radius 3 is 1.62 bits per heavy atom. The minimum atomic E-state index is -3.83. The van der Waals surface area contributed by atoms with Crippen LogP contribution in [0.4, 0.5) is 0 Å². The maximum absolute atomic E-state index is 12.7. The van der Waals surface area contributed by atoms with Gasteiger partial charge in [-0.2, -0.15) is 0 Å². The third-order valence-corrected chi connectivity index (χ3v) is 8.48. The summed E-state index contributed by atoms with van der Waals surface area (Å²) in [7, 11) is -7.58. The van der Waals surface area contributed by atoms with Gasteiger partial charge in [-0.15, -0.1) is 11.6 Å². The van der Waals surface area contributed by atoms with Crippen LogP contribution in [0.5, 0.6) is 0 Å². The third kappa shape index (κ3) is 4.18. The molecule has 2 aromatic carbocycles. The van der Waals surface area contributed by atoms with E-state index in [2.05, 4.69) is 0 Å². The highest BCUT2D eigenvalue weighted by atomic mass is 35.5. The highest BCUT2D eigenvalue weighted by molar-refractivity contribution is 7.95. The van der Waals surface area contributed by atoms with Crippen LogP contribution >= 0.6 is 11.6 Å². The van der Waals surface area contributed by atoms with E-state index in [1.165, 1.54) is 24.3 Å². The smallest absolute Gasteiger partial charge is 0.183 e. The molecule has 0 saturated carbocycles. The highest BCUT2D eigenvalue weighted by Gasteiger charge is 2.32. The molecule has 4 nitrogen and oxygen atoms in total. The molecule has 0 aromatic heterocycles. The van der Waals surface area contributed by atoms with E-state index in [0.29, 0.717) is 0 Å². The van der Waals surface area contributed by atoms with Crippen molar-refractivity contribution in [3.05, 3.63) is 59.7 Å². The van der Waals surface area contributed by atoms with E-state index in [9.17, 15) is 16.8 Å². The quantitative estimate of drug-likeness (QED) is 0.715. The fourth-order valence-electron chi connectivity index (χ4n) is 2.22. The van der Waals surface area contributed by atoms with Gasteiger partial charge in [-0.25, -0.2) is 16.8 Å². The molecule has 0 N–H and O–H groups in total. The molecule has 2 rings (SSSR count). The van der Waals surface area contributed by atoms with Crippen LogP contribution in [0, 0.1) is 13.8 Å². The van der Waals surface area contributed by atoms with E-state index in [1.54, 1.807) is 24.3 Å². The van der Waals surface area contributed by atoms with Crippen LogP contribution in [0.15, 0.2) is 58.3 Å². The first-order valence-corrected chi connectivity index (χ1v) is 11.1. The summed E-state index contributed by atoms with van der Waals surface area (Å²) in [5.74, 6) is -0.836. The zero-order chi connectivity index (χ0) is 18.0. The van der Waals surface area contributed by atoms with E-state index in [0.717, 1.165) is 11.1 Å². The van der Waals surface area contributed by atoms with Crippen molar-refractivity contribution in [1.82, 2.24) is 0 Å². The minimum Gasteiger partial charge on any atom is -0.224 e. The number of halogens is 1. The molecule has 24 heavy (non-hydrogen) atoms. The van der Waals surface area contributed by atoms with Crippen LogP contribution in [-0.4, -0.2) is 33.7 Å². The van der Waals surface area contributed by atoms with Gasteiger partial charge in [-0.1, -0.05) is 35.4 Å². The fraction of sp³-hybridized carbons (Fsp3) is 0.294. The SMILES string of the molecule is Cc1ccc(S(=O)(=O)CC(CCl)S(=O)(=O)c2ccc(C)cc2)cc1. The van der Waals surface area contributed by atoms with Gasteiger partial charge in [0.05, 0.1) is 20.8 Å². The average Bonchev–Trinajstić information content (AvgIpc) is 2.53. The molecule has 0 saturated heterocycles. The highest BCUT2D eigenvalue weighted by Crippen LogP contribution is 2.22. The fourth-order valence-corrected chi connectivity index (χ4v) is 6.63. The lowest BCUT2D eigenvalue weighted by molar-refractivity contribution is 0.577. The predicted molar refractivity (Wildman–Crippen MR) is 96.1 cm³/mol. The summed E-state index contributed by atoms with van der Waals surface area (Å²) < 4.78 is 50.4. The number of benzene rings is 2. The lowest BCUT2D eigenvalue weighted by Crippen LogP contribution is -2.31. The zero-order valence-electron chi connectivity index (χ0n) is 13.4. The van der Waals surface area contributed by atoms with Crippen molar-refractivity contribution in [2.45, 2.75) is 28.9 Å². The Balaban J connectivity index is 2.34. The third-order valence-electron chi connectivity index (χ3n) is 3.75. The summed E-state index contributed by atoms with van der Waals surface area (Å²) in [6.45, 7) is 3.69. The summed E-state index contributed by atoms with van der Waals surface area (Å²) >= 11 is 5.81. The second-order valence-corrected chi connectivity index (χ2v) is 10.3. The van der Waals surface area contributed by atoms with Crippen molar-refractivity contribution >= 4 is 31.3 Å². The normalized spacial score (nSPS) is 13.6. The molecule has 1 atom stereocenters. The Hall–Kier alpha value is -1.37. The lowest BCUT2D eigenvalue weighted by atomic mass is 10.2. The maximum atomic E-state index is 12.7. The number of rotatable bonds is 6. The molecule has 2 aromatic rings. The van der Waals surface area contributed by atoms with Crippen molar-refractivity contribution in [3.8, 4) is 0 Å². The second kappa shape index (κ2) is 7.25. The standard InChI is InChI=1S/C17H19ClO4S2/c1-13-3-7-15(8-4-13)23(19,20)12-17(11-18)24(21,22)16-9-5-14(2)6-10-16/h3-10,17H,11-12H2,1-2H3. The Morgan fingerprint density at radius 1 is 0.792 bits per heavy atom. The second-order valence-electron chi connectivity index (χ2n) is 5.73. The van der Waals surface area contributed by atoms with Gasteiger partial charge in [0.2, 0.25) is 0 Å². The van der Waals surface area contributed by atoms with E-state index in [-0.39, 0.29) is 15.7 Å². The number of hydrogen-bond donors (Lipinski definition) is 0. The number of sulfone groups is 2. The van der Waals surface area contributed by atoms with Crippen LogP contribution < -0.4 is 0 Å². The van der Waals surface area contributed by atoms with Gasteiger partial charge in [-0.3, -0.25) is 0 Å². The molecule has 0 bridgehead atoms. The monoisotopic (exact) mass is 386 g/mol. The lowest BCUT2D eigenvalue weighted by Gasteiger charge is -2.16. The molecule has 0 heterocycles. The number of hydrogen-bond acceptors (Lipinski definition) is 4. The first-order valence-electron chi connectivity index (χ1n) is 7.33. The van der Waals surface area contributed by atoms with E-state index in [1.807, 2.05) is 13.8 Å². The molecule has 0 fully saturated rings. The minimum absolute atomic E-state index is 0.0813. The zero-order valence-corrected chi connectivity index (χ0v) is 15.8. The number of alkyl halides is 1. The molecular formula is C17H19ClO4S2. The molecule has 0 amide bonds. The van der Waals surface area contributed by atoms with E-state index in [4.69, 9.17) is 11.6 Å². The Bertz CT molecular complexity index is 900. The van der Waals surface area contributed by atoms with Crippen molar-refractivity contribution in [2.75, 3.05) is 11.6 Å². The summed E-state index contributed by atoms with van der Waals surface area (Å²) in [6.07, 6.45) is 0. The molecule has 1 unspecified atom stereocenters. The van der Waals surface area contributed by atoms with Crippen LogP contribution in [0.2, 0.25) is 0 Å². The van der Waals surface area contributed by atoms with Gasteiger partial charge in [0.1, 0.15) is 0 Å². The van der Waals surface area contributed by atoms with Gasteiger partial charge < -0.3 is 0 Å². The van der Waals surface area contributed by atoms with Crippen molar-refractivity contribution < 1.29 is 16.8 Å². The predicted octanol–water partition coefficient (Wildman–Crippen LogP) is 3.16. The molecule has 7 heteroatoms. The van der Waals surface area contributed by atoms with Crippen LogP contribution in [0.25, 0.3) is 0 Å². The summed E-state index contributed by atoms with van der Waals surface area (Å²) in [5, 5.41) is -1.20. The van der Waals surface area contributed by atoms with Crippen molar-refractivity contribution in [2.24, 2.45) is 0 Å². The largest absolute Gasteiger partial charge is 0.224 e. The van der Waals surface area contributed by atoms with Gasteiger partial charge in [0, 0.05) is 5.88 Å². The topological polar surface area (TPSA) is 68.3 Å². The Kier molecular flexibility index (Phi) is 5.73. The maximum Gasteiger partial charge on any atom is 0.183 e. The molecule has 0 spiro atoms. The molecule has 0 aliphatic carbocycles. The van der Waals surface area contributed by atoms with Gasteiger partial charge in [-0.05, 0) is 38.1 Å². The van der Waals surface area contributed by atoms with Gasteiger partial charge in [0.15, 0.2) is 19.7 Å². The van der Waals surface area contributed by atoms with Crippen LogP contribution in [0.1, 0.15) is 11.1 Å². The van der Waals surface area contributed by atoms with E-state index >= 15 is 0 Å².